The van der Waals surface area contributed by atoms with Crippen LogP contribution in [0.1, 0.15) is 65.7 Å². The van der Waals surface area contributed by atoms with E-state index in [4.69, 9.17) is 4.74 Å². The Morgan fingerprint density at radius 1 is 1.23 bits per heavy atom. The van der Waals surface area contributed by atoms with Gasteiger partial charge in [0.15, 0.2) is 5.96 Å². The molecule has 0 aromatic heterocycles. The van der Waals surface area contributed by atoms with Gasteiger partial charge in [0.1, 0.15) is 0 Å². The van der Waals surface area contributed by atoms with Crippen LogP contribution in [0.4, 0.5) is 0 Å². The molecule has 1 unspecified atom stereocenters. The highest BCUT2D eigenvalue weighted by molar-refractivity contribution is 5.79. The van der Waals surface area contributed by atoms with Crippen LogP contribution in [-0.2, 0) is 4.74 Å². The number of nitrogens with zero attached hydrogens (tertiary/aromatic N) is 1. The molecule has 0 radical (unpaired) electrons. The first-order chi connectivity index (χ1) is 10.6. The van der Waals surface area contributed by atoms with Crippen LogP contribution in [0, 0.1) is 0 Å². The van der Waals surface area contributed by atoms with Gasteiger partial charge in [-0.05, 0) is 39.0 Å². The minimum atomic E-state index is -0.666. The molecule has 0 amide bonds. The lowest BCUT2D eigenvalue weighted by Gasteiger charge is -2.26. The lowest BCUT2D eigenvalue weighted by atomic mass is 9.93. The van der Waals surface area contributed by atoms with Gasteiger partial charge in [-0.3, -0.25) is 4.99 Å². The summed E-state index contributed by atoms with van der Waals surface area (Å²) in [6.45, 7) is 9.32. The lowest BCUT2D eigenvalue weighted by molar-refractivity contribution is 0.0306. The Kier molecular flexibility index (Phi) is 9.48. The second-order valence-electron chi connectivity index (χ2n) is 6.27. The van der Waals surface area contributed by atoms with Gasteiger partial charge >= 0.3 is 0 Å². The maximum absolute atomic E-state index is 10.6. The van der Waals surface area contributed by atoms with Crippen molar-refractivity contribution in [2.45, 2.75) is 77.4 Å². The van der Waals surface area contributed by atoms with Crippen molar-refractivity contribution in [1.82, 2.24) is 10.6 Å². The molecule has 0 aliphatic carbocycles. The summed E-state index contributed by atoms with van der Waals surface area (Å²) in [5.41, 5.74) is -0.666. The van der Waals surface area contributed by atoms with Crippen LogP contribution in [0.5, 0.6) is 0 Å². The first kappa shape index (κ1) is 19.2. The third-order valence-corrected chi connectivity index (χ3v) is 4.09. The third-order valence-electron chi connectivity index (χ3n) is 4.09. The van der Waals surface area contributed by atoms with E-state index in [1.807, 2.05) is 0 Å². The molecule has 1 rings (SSSR count). The average molecular weight is 313 g/mol. The summed E-state index contributed by atoms with van der Waals surface area (Å²) in [4.78, 5) is 4.59. The predicted octanol–water partition coefficient (Wildman–Crippen LogP) is 2.44. The Morgan fingerprint density at radius 3 is 2.50 bits per heavy atom. The van der Waals surface area contributed by atoms with Gasteiger partial charge in [-0.25, -0.2) is 0 Å². The first-order valence-electron chi connectivity index (χ1n) is 8.99. The van der Waals surface area contributed by atoms with Crippen LogP contribution in [0.3, 0.4) is 0 Å². The minimum absolute atomic E-state index is 0.396. The quantitative estimate of drug-likeness (QED) is 0.428. The van der Waals surface area contributed by atoms with Crippen LogP contribution >= 0.6 is 0 Å². The molecule has 1 atom stereocenters. The van der Waals surface area contributed by atoms with E-state index in [0.29, 0.717) is 12.6 Å². The Bertz CT molecular complexity index is 309. The summed E-state index contributed by atoms with van der Waals surface area (Å²) in [6.07, 6.45) is 7.33. The normalized spacial score (nSPS) is 19.5. The number of nitrogens with one attached hydrogen (secondary N) is 2. The van der Waals surface area contributed by atoms with Crippen LogP contribution in [-0.4, -0.2) is 49.0 Å². The van der Waals surface area contributed by atoms with Crippen molar-refractivity contribution in [3.63, 3.8) is 0 Å². The van der Waals surface area contributed by atoms with Crippen molar-refractivity contribution in [3.8, 4) is 0 Å². The summed E-state index contributed by atoms with van der Waals surface area (Å²) in [7, 11) is 0. The van der Waals surface area contributed by atoms with Crippen molar-refractivity contribution in [1.29, 1.82) is 0 Å². The smallest absolute Gasteiger partial charge is 0.191 e. The Balaban J connectivity index is 2.44. The van der Waals surface area contributed by atoms with Crippen molar-refractivity contribution in [3.05, 3.63) is 0 Å². The number of hydrogen-bond donors (Lipinski definition) is 3. The molecule has 3 N–H and O–H groups in total. The van der Waals surface area contributed by atoms with E-state index < -0.39 is 5.60 Å². The molecule has 1 aliphatic heterocycles. The monoisotopic (exact) mass is 313 g/mol. The maximum Gasteiger partial charge on any atom is 0.191 e. The van der Waals surface area contributed by atoms with Crippen LogP contribution < -0.4 is 10.6 Å². The molecule has 5 nitrogen and oxygen atoms in total. The zero-order valence-electron chi connectivity index (χ0n) is 14.7. The van der Waals surface area contributed by atoms with E-state index in [2.05, 4.69) is 36.4 Å². The molecular formula is C17H35N3O2. The molecule has 0 saturated carbocycles. The summed E-state index contributed by atoms with van der Waals surface area (Å²) in [5, 5.41) is 17.2. The zero-order valence-corrected chi connectivity index (χ0v) is 14.7. The Morgan fingerprint density at radius 2 is 1.95 bits per heavy atom. The topological polar surface area (TPSA) is 65.9 Å². The highest BCUT2D eigenvalue weighted by Crippen LogP contribution is 2.19. The van der Waals surface area contributed by atoms with Crippen molar-refractivity contribution >= 4 is 5.96 Å². The van der Waals surface area contributed by atoms with Crippen LogP contribution in [0.2, 0.25) is 0 Å². The van der Waals surface area contributed by atoms with E-state index in [-0.39, 0.29) is 0 Å². The molecule has 0 aromatic rings. The molecule has 1 aliphatic rings. The molecule has 0 bridgehead atoms. The van der Waals surface area contributed by atoms with E-state index >= 15 is 0 Å². The average Bonchev–Trinajstić information content (AvgIpc) is 2.99. The van der Waals surface area contributed by atoms with Gasteiger partial charge in [0.2, 0.25) is 0 Å². The van der Waals surface area contributed by atoms with Gasteiger partial charge in [0, 0.05) is 19.7 Å². The molecule has 22 heavy (non-hydrogen) atoms. The molecule has 1 fully saturated rings. The maximum atomic E-state index is 10.6. The fourth-order valence-electron chi connectivity index (χ4n) is 3.01. The molecule has 0 spiro atoms. The number of rotatable bonds is 10. The van der Waals surface area contributed by atoms with Gasteiger partial charge in [-0.1, -0.05) is 26.7 Å². The molecule has 130 valence electrons. The molecule has 5 heteroatoms. The number of ether oxygens (including phenoxy) is 1. The molecule has 0 aromatic carbocycles. The van der Waals surface area contributed by atoms with Crippen LogP contribution in [0.15, 0.2) is 4.99 Å². The van der Waals surface area contributed by atoms with E-state index in [0.717, 1.165) is 57.8 Å². The minimum Gasteiger partial charge on any atom is -0.388 e. The largest absolute Gasteiger partial charge is 0.388 e. The summed E-state index contributed by atoms with van der Waals surface area (Å²) < 4.78 is 5.63. The fourth-order valence-corrected chi connectivity index (χ4v) is 3.01. The number of guanidine groups is 1. The van der Waals surface area contributed by atoms with E-state index in [9.17, 15) is 5.11 Å². The Labute approximate surface area is 135 Å². The lowest BCUT2D eigenvalue weighted by Crippen LogP contribution is -2.41. The second-order valence-corrected chi connectivity index (χ2v) is 6.27. The van der Waals surface area contributed by atoms with E-state index in [1.165, 1.54) is 12.8 Å². The number of aliphatic hydroxyl groups is 1. The fraction of sp³-hybridized carbons (Fsp3) is 0.941. The van der Waals surface area contributed by atoms with Crippen molar-refractivity contribution < 1.29 is 9.84 Å². The van der Waals surface area contributed by atoms with Crippen molar-refractivity contribution in [2.24, 2.45) is 4.99 Å². The number of aliphatic imine (C=N–C) groups is 1. The van der Waals surface area contributed by atoms with Crippen molar-refractivity contribution in [2.75, 3.05) is 26.2 Å². The third kappa shape index (κ3) is 7.45. The van der Waals surface area contributed by atoms with E-state index in [1.54, 1.807) is 0 Å². The van der Waals surface area contributed by atoms with Crippen LogP contribution in [0.25, 0.3) is 0 Å². The standard InChI is InChI=1S/C17H35N3O2/c1-4-10-17(21,11-5-2)14-20-16(18-6-3)19-12-9-15-8-7-13-22-15/h15,21H,4-14H2,1-3H3,(H2,18,19,20). The SMILES string of the molecule is CCCC(O)(CCC)CN=C(NCC)NCCC1CCCO1. The van der Waals surface area contributed by atoms with Gasteiger partial charge in [0.25, 0.3) is 0 Å². The first-order valence-corrected chi connectivity index (χ1v) is 8.99. The zero-order chi connectivity index (χ0) is 16.3. The Hall–Kier alpha value is -0.810. The predicted molar refractivity (Wildman–Crippen MR) is 92.3 cm³/mol. The molecular weight excluding hydrogens is 278 g/mol. The molecule has 1 saturated heterocycles. The summed E-state index contributed by atoms with van der Waals surface area (Å²) in [5.74, 6) is 0.797. The van der Waals surface area contributed by atoms with Gasteiger partial charge < -0.3 is 20.5 Å². The van der Waals surface area contributed by atoms with Gasteiger partial charge in [-0.2, -0.15) is 0 Å². The highest BCUT2D eigenvalue weighted by Gasteiger charge is 2.24. The van der Waals surface area contributed by atoms with Gasteiger partial charge in [-0.15, -0.1) is 0 Å². The second kappa shape index (κ2) is 10.8. The summed E-state index contributed by atoms with van der Waals surface area (Å²) in [6, 6.07) is 0. The molecule has 1 heterocycles. The number of hydrogen-bond acceptors (Lipinski definition) is 3. The van der Waals surface area contributed by atoms with Gasteiger partial charge in [0.05, 0.1) is 18.2 Å². The summed E-state index contributed by atoms with van der Waals surface area (Å²) >= 11 is 0. The highest BCUT2D eigenvalue weighted by atomic mass is 16.5.